The van der Waals surface area contributed by atoms with Crippen LogP contribution in [-0.2, 0) is 0 Å². The molecule has 2 amide bonds. The molecule has 0 unspecified atom stereocenters. The first kappa shape index (κ1) is 15.2. The summed E-state index contributed by atoms with van der Waals surface area (Å²) >= 11 is 0. The molecule has 0 aromatic carbocycles. The molecule has 2 rings (SSSR count). The SMILES string of the molecule is O=C(O)c1ncccc1NC(=O)N1CCN(CCO)CC1. The van der Waals surface area contributed by atoms with Gasteiger partial charge in [0.25, 0.3) is 0 Å². The molecular formula is C13H18N4O4. The van der Waals surface area contributed by atoms with E-state index < -0.39 is 5.97 Å². The van der Waals surface area contributed by atoms with Gasteiger partial charge in [-0.1, -0.05) is 0 Å². The average molecular weight is 294 g/mol. The molecule has 1 fully saturated rings. The van der Waals surface area contributed by atoms with E-state index in [0.717, 1.165) is 0 Å². The van der Waals surface area contributed by atoms with Gasteiger partial charge in [0, 0.05) is 38.9 Å². The van der Waals surface area contributed by atoms with Gasteiger partial charge >= 0.3 is 12.0 Å². The second-order valence-electron chi connectivity index (χ2n) is 4.69. The summed E-state index contributed by atoms with van der Waals surface area (Å²) in [6.45, 7) is 3.15. The summed E-state index contributed by atoms with van der Waals surface area (Å²) in [4.78, 5) is 30.6. The molecule has 21 heavy (non-hydrogen) atoms. The van der Waals surface area contributed by atoms with Gasteiger partial charge in [-0.25, -0.2) is 14.6 Å². The minimum Gasteiger partial charge on any atom is -0.476 e. The van der Waals surface area contributed by atoms with Crippen molar-refractivity contribution in [3.05, 3.63) is 24.0 Å². The Morgan fingerprint density at radius 2 is 2.00 bits per heavy atom. The Bertz CT molecular complexity index is 515. The Hall–Kier alpha value is -2.19. The third kappa shape index (κ3) is 3.89. The normalized spacial score (nSPS) is 15.8. The Kier molecular flexibility index (Phi) is 5.07. The molecule has 114 valence electrons. The molecule has 0 atom stereocenters. The van der Waals surface area contributed by atoms with E-state index in [-0.39, 0.29) is 24.0 Å². The summed E-state index contributed by atoms with van der Waals surface area (Å²) in [6.07, 6.45) is 1.37. The van der Waals surface area contributed by atoms with E-state index in [4.69, 9.17) is 10.2 Å². The summed E-state index contributed by atoms with van der Waals surface area (Å²) in [6, 6.07) is 2.74. The van der Waals surface area contributed by atoms with Crippen LogP contribution in [0.2, 0.25) is 0 Å². The van der Waals surface area contributed by atoms with Crippen molar-refractivity contribution in [2.45, 2.75) is 0 Å². The summed E-state index contributed by atoms with van der Waals surface area (Å²) in [5.74, 6) is -1.18. The van der Waals surface area contributed by atoms with Crippen LogP contribution in [0, 0.1) is 0 Å². The summed E-state index contributed by atoms with van der Waals surface area (Å²) < 4.78 is 0. The van der Waals surface area contributed by atoms with Gasteiger partial charge in [-0.2, -0.15) is 0 Å². The molecule has 8 heteroatoms. The number of piperazine rings is 1. The van der Waals surface area contributed by atoms with Crippen LogP contribution in [0.5, 0.6) is 0 Å². The first-order valence-electron chi connectivity index (χ1n) is 6.69. The van der Waals surface area contributed by atoms with Crippen molar-refractivity contribution in [3.8, 4) is 0 Å². The van der Waals surface area contributed by atoms with Crippen LogP contribution in [0.1, 0.15) is 10.5 Å². The fourth-order valence-corrected chi connectivity index (χ4v) is 2.19. The molecule has 1 aromatic heterocycles. The zero-order valence-electron chi connectivity index (χ0n) is 11.5. The van der Waals surface area contributed by atoms with Gasteiger partial charge in [0.1, 0.15) is 0 Å². The second-order valence-corrected chi connectivity index (χ2v) is 4.69. The lowest BCUT2D eigenvalue weighted by Gasteiger charge is -2.34. The number of aliphatic hydroxyl groups excluding tert-OH is 1. The number of rotatable bonds is 4. The van der Waals surface area contributed by atoms with Crippen LogP contribution < -0.4 is 5.32 Å². The second kappa shape index (κ2) is 7.00. The van der Waals surface area contributed by atoms with Crippen LogP contribution in [0.3, 0.4) is 0 Å². The fraction of sp³-hybridized carbons (Fsp3) is 0.462. The number of β-amino-alcohol motifs (C(OH)–C–C–N with tert-alkyl or cyclic N) is 1. The van der Waals surface area contributed by atoms with E-state index in [1.807, 2.05) is 0 Å². The first-order valence-corrected chi connectivity index (χ1v) is 6.69. The lowest BCUT2D eigenvalue weighted by molar-refractivity contribution is 0.0691. The van der Waals surface area contributed by atoms with Gasteiger partial charge in [-0.15, -0.1) is 0 Å². The van der Waals surface area contributed by atoms with Crippen molar-refractivity contribution in [3.63, 3.8) is 0 Å². The van der Waals surface area contributed by atoms with Crippen LogP contribution in [0.4, 0.5) is 10.5 Å². The molecule has 3 N–H and O–H groups in total. The quantitative estimate of drug-likeness (QED) is 0.717. The van der Waals surface area contributed by atoms with Gasteiger partial charge in [0.05, 0.1) is 12.3 Å². The highest BCUT2D eigenvalue weighted by Crippen LogP contribution is 2.13. The zero-order chi connectivity index (χ0) is 15.2. The van der Waals surface area contributed by atoms with Gasteiger partial charge in [-0.3, -0.25) is 4.90 Å². The molecule has 0 saturated carbocycles. The molecule has 0 bridgehead atoms. The zero-order valence-corrected chi connectivity index (χ0v) is 11.5. The van der Waals surface area contributed by atoms with E-state index in [2.05, 4.69) is 15.2 Å². The Morgan fingerprint density at radius 1 is 1.29 bits per heavy atom. The highest BCUT2D eigenvalue weighted by atomic mass is 16.4. The number of nitrogens with zero attached hydrogens (tertiary/aromatic N) is 3. The number of carbonyl (C=O) groups excluding carboxylic acids is 1. The predicted molar refractivity (Wildman–Crippen MR) is 75.3 cm³/mol. The number of carboxylic acids is 1. The maximum Gasteiger partial charge on any atom is 0.356 e. The topological polar surface area (TPSA) is 106 Å². The summed E-state index contributed by atoms with van der Waals surface area (Å²) in [5.41, 5.74) is 0.0116. The standard InChI is InChI=1S/C13H18N4O4/c18-9-8-16-4-6-17(7-5-16)13(21)15-10-2-1-3-14-11(10)12(19)20/h1-3,18H,4-9H2,(H,15,21)(H,19,20). The van der Waals surface area contributed by atoms with Gasteiger partial charge in [0.15, 0.2) is 5.69 Å². The number of carboxylic acid groups (broad SMARTS) is 1. The van der Waals surface area contributed by atoms with Gasteiger partial charge in [0.2, 0.25) is 0 Å². The fourth-order valence-electron chi connectivity index (χ4n) is 2.19. The van der Waals surface area contributed by atoms with Gasteiger partial charge in [-0.05, 0) is 12.1 Å². The van der Waals surface area contributed by atoms with Crippen LogP contribution in [-0.4, -0.2) is 76.3 Å². The number of aromatic carboxylic acids is 1. The first-order chi connectivity index (χ1) is 10.1. The maximum atomic E-state index is 12.1. The molecule has 1 aliphatic rings. The number of hydrogen-bond donors (Lipinski definition) is 3. The number of urea groups is 1. The molecule has 1 saturated heterocycles. The van der Waals surface area contributed by atoms with E-state index >= 15 is 0 Å². The molecule has 1 aromatic rings. The number of amides is 2. The van der Waals surface area contributed by atoms with E-state index in [1.54, 1.807) is 11.0 Å². The average Bonchev–Trinajstić information content (AvgIpc) is 2.48. The Labute approximate surface area is 122 Å². The van der Waals surface area contributed by atoms with Crippen molar-refractivity contribution in [2.24, 2.45) is 0 Å². The number of nitrogens with one attached hydrogen (secondary N) is 1. The highest BCUT2D eigenvalue weighted by molar-refractivity contribution is 5.98. The number of aliphatic hydroxyl groups is 1. The van der Waals surface area contributed by atoms with Crippen LogP contribution >= 0.6 is 0 Å². The lowest BCUT2D eigenvalue weighted by Crippen LogP contribution is -2.50. The summed E-state index contributed by atoms with van der Waals surface area (Å²) in [7, 11) is 0. The van der Waals surface area contributed by atoms with Crippen molar-refractivity contribution < 1.29 is 19.8 Å². The third-order valence-corrected chi connectivity index (χ3v) is 3.33. The third-order valence-electron chi connectivity index (χ3n) is 3.33. The van der Waals surface area contributed by atoms with E-state index in [9.17, 15) is 9.59 Å². The van der Waals surface area contributed by atoms with Crippen molar-refractivity contribution in [1.29, 1.82) is 0 Å². The molecule has 8 nitrogen and oxygen atoms in total. The molecule has 0 aliphatic carbocycles. The summed E-state index contributed by atoms with van der Waals surface area (Å²) in [5, 5.41) is 20.5. The molecule has 1 aliphatic heterocycles. The monoisotopic (exact) mass is 294 g/mol. The Balaban J connectivity index is 1.95. The number of pyridine rings is 1. The molecule has 2 heterocycles. The van der Waals surface area contributed by atoms with Gasteiger partial charge < -0.3 is 20.4 Å². The van der Waals surface area contributed by atoms with Crippen molar-refractivity contribution in [1.82, 2.24) is 14.8 Å². The lowest BCUT2D eigenvalue weighted by atomic mass is 10.3. The van der Waals surface area contributed by atoms with E-state index in [0.29, 0.717) is 32.7 Å². The van der Waals surface area contributed by atoms with Crippen molar-refractivity contribution in [2.75, 3.05) is 44.6 Å². The number of carbonyl (C=O) groups is 2. The number of anilines is 1. The molecular weight excluding hydrogens is 276 g/mol. The molecule has 0 spiro atoms. The Morgan fingerprint density at radius 3 is 2.62 bits per heavy atom. The smallest absolute Gasteiger partial charge is 0.356 e. The molecule has 0 radical (unpaired) electrons. The minimum absolute atomic E-state index is 0.101. The minimum atomic E-state index is -1.18. The number of hydrogen-bond acceptors (Lipinski definition) is 5. The largest absolute Gasteiger partial charge is 0.476 e. The van der Waals surface area contributed by atoms with Crippen LogP contribution in [0.15, 0.2) is 18.3 Å². The predicted octanol–water partition coefficient (Wildman–Crippen LogP) is -0.0784. The van der Waals surface area contributed by atoms with E-state index in [1.165, 1.54) is 12.3 Å². The maximum absolute atomic E-state index is 12.1. The number of aromatic nitrogens is 1. The van der Waals surface area contributed by atoms with Crippen molar-refractivity contribution >= 4 is 17.7 Å². The van der Waals surface area contributed by atoms with Crippen LogP contribution in [0.25, 0.3) is 0 Å². The highest BCUT2D eigenvalue weighted by Gasteiger charge is 2.22.